The van der Waals surface area contributed by atoms with E-state index < -0.39 is 5.91 Å². The second-order valence-electron chi connectivity index (χ2n) is 6.18. The molecule has 0 fully saturated rings. The Hall–Kier alpha value is -3.39. The molecule has 1 heterocycles. The van der Waals surface area contributed by atoms with Crippen molar-refractivity contribution in [2.75, 3.05) is 0 Å². The van der Waals surface area contributed by atoms with E-state index in [1.807, 2.05) is 0 Å². The van der Waals surface area contributed by atoms with Crippen LogP contribution in [0, 0.1) is 6.92 Å². The maximum Gasteiger partial charge on any atom is 0.269 e. The van der Waals surface area contributed by atoms with Gasteiger partial charge in [-0.05, 0) is 48.9 Å². The number of aryl methyl sites for hydroxylation is 2. The number of ether oxygens (including phenoxy) is 1. The van der Waals surface area contributed by atoms with Crippen molar-refractivity contribution in [2.24, 2.45) is 0 Å². The Morgan fingerprint density at radius 1 is 1.07 bits per heavy atom. The monoisotopic (exact) mass is 414 g/mol. The van der Waals surface area contributed by atoms with Crippen LogP contribution < -0.4 is 15.6 Å². The first-order valence-electron chi connectivity index (χ1n) is 8.85. The van der Waals surface area contributed by atoms with Gasteiger partial charge in [0.05, 0.1) is 0 Å². The molecule has 0 saturated heterocycles. The fourth-order valence-corrected chi connectivity index (χ4v) is 2.50. The molecule has 150 valence electrons. The Labute approximate surface area is 172 Å². The highest BCUT2D eigenvalue weighted by molar-refractivity contribution is 6.30. The summed E-state index contributed by atoms with van der Waals surface area (Å²) in [6, 6.07) is 13.9. The highest BCUT2D eigenvalue weighted by atomic mass is 35.5. The summed E-state index contributed by atoms with van der Waals surface area (Å²) in [5.74, 6) is 0.810. The molecule has 0 radical (unpaired) electrons. The summed E-state index contributed by atoms with van der Waals surface area (Å²) in [6.45, 7) is 2.05. The SMILES string of the molecule is Cc1noc(CCC(=O)NNC(=O)c2ccc(COc3ccc(Cl)cc3)cc2)n1. The van der Waals surface area contributed by atoms with Gasteiger partial charge in [-0.1, -0.05) is 28.9 Å². The number of carbonyl (C=O) groups is 2. The molecule has 0 saturated carbocycles. The summed E-state index contributed by atoms with van der Waals surface area (Å²) in [5.41, 5.74) is 6.04. The maximum atomic E-state index is 12.1. The van der Waals surface area contributed by atoms with Gasteiger partial charge in [-0.2, -0.15) is 4.98 Å². The summed E-state index contributed by atoms with van der Waals surface area (Å²) in [7, 11) is 0. The molecule has 0 atom stereocenters. The second kappa shape index (κ2) is 9.70. The maximum absolute atomic E-state index is 12.1. The summed E-state index contributed by atoms with van der Waals surface area (Å²) in [5, 5.41) is 4.29. The fourth-order valence-electron chi connectivity index (χ4n) is 2.37. The third-order valence-electron chi connectivity index (χ3n) is 3.89. The van der Waals surface area contributed by atoms with Gasteiger partial charge in [0.1, 0.15) is 12.4 Å². The zero-order chi connectivity index (χ0) is 20.6. The van der Waals surface area contributed by atoms with Crippen LogP contribution in [-0.2, 0) is 17.8 Å². The second-order valence-corrected chi connectivity index (χ2v) is 6.61. The van der Waals surface area contributed by atoms with Crippen LogP contribution in [0.3, 0.4) is 0 Å². The van der Waals surface area contributed by atoms with E-state index in [0.717, 1.165) is 5.56 Å². The molecule has 29 heavy (non-hydrogen) atoms. The van der Waals surface area contributed by atoms with Crippen molar-refractivity contribution in [3.63, 3.8) is 0 Å². The van der Waals surface area contributed by atoms with Crippen molar-refractivity contribution in [1.82, 2.24) is 21.0 Å². The van der Waals surface area contributed by atoms with Crippen LogP contribution in [-0.4, -0.2) is 22.0 Å². The van der Waals surface area contributed by atoms with E-state index in [1.165, 1.54) is 0 Å². The number of hydrazine groups is 1. The summed E-state index contributed by atoms with van der Waals surface area (Å²) in [4.78, 5) is 28.0. The number of halogens is 1. The summed E-state index contributed by atoms with van der Waals surface area (Å²) >= 11 is 5.84. The predicted molar refractivity (Wildman–Crippen MR) is 105 cm³/mol. The van der Waals surface area contributed by atoms with Crippen molar-refractivity contribution in [2.45, 2.75) is 26.4 Å². The number of benzene rings is 2. The third kappa shape index (κ3) is 6.32. The Kier molecular flexibility index (Phi) is 6.80. The van der Waals surface area contributed by atoms with Crippen LogP contribution in [0.2, 0.25) is 5.02 Å². The molecule has 0 aliphatic rings. The number of amides is 2. The van der Waals surface area contributed by atoms with Gasteiger partial charge in [0.25, 0.3) is 5.91 Å². The highest BCUT2D eigenvalue weighted by Gasteiger charge is 2.10. The van der Waals surface area contributed by atoms with Crippen molar-refractivity contribution in [3.05, 3.63) is 76.4 Å². The topological polar surface area (TPSA) is 106 Å². The molecule has 0 spiro atoms. The lowest BCUT2D eigenvalue weighted by Crippen LogP contribution is -2.41. The molecule has 0 aliphatic heterocycles. The lowest BCUT2D eigenvalue weighted by atomic mass is 10.1. The van der Waals surface area contributed by atoms with Gasteiger partial charge < -0.3 is 9.26 Å². The first-order valence-corrected chi connectivity index (χ1v) is 9.23. The minimum absolute atomic E-state index is 0.114. The van der Waals surface area contributed by atoms with E-state index in [0.29, 0.717) is 41.1 Å². The van der Waals surface area contributed by atoms with E-state index in [2.05, 4.69) is 21.0 Å². The smallest absolute Gasteiger partial charge is 0.269 e. The van der Waals surface area contributed by atoms with Gasteiger partial charge in [-0.3, -0.25) is 20.4 Å². The van der Waals surface area contributed by atoms with Gasteiger partial charge in [-0.25, -0.2) is 0 Å². The van der Waals surface area contributed by atoms with Crippen LogP contribution in [0.15, 0.2) is 53.1 Å². The van der Waals surface area contributed by atoms with E-state index >= 15 is 0 Å². The molecule has 3 aromatic rings. The number of nitrogens with zero attached hydrogens (tertiary/aromatic N) is 2. The quantitative estimate of drug-likeness (QED) is 0.575. The number of nitrogens with one attached hydrogen (secondary N) is 2. The average molecular weight is 415 g/mol. The molecule has 9 heteroatoms. The number of hydrogen-bond donors (Lipinski definition) is 2. The van der Waals surface area contributed by atoms with Crippen molar-refractivity contribution >= 4 is 23.4 Å². The zero-order valence-corrected chi connectivity index (χ0v) is 16.4. The van der Waals surface area contributed by atoms with Crippen molar-refractivity contribution in [3.8, 4) is 5.75 Å². The minimum atomic E-state index is -0.419. The van der Waals surface area contributed by atoms with Gasteiger partial charge in [0.2, 0.25) is 11.8 Å². The number of aromatic nitrogens is 2. The first kappa shape index (κ1) is 20.3. The van der Waals surface area contributed by atoms with Gasteiger partial charge in [0, 0.05) is 23.4 Å². The first-order chi connectivity index (χ1) is 14.0. The van der Waals surface area contributed by atoms with Gasteiger partial charge >= 0.3 is 0 Å². The van der Waals surface area contributed by atoms with Crippen molar-refractivity contribution < 1.29 is 18.8 Å². The third-order valence-corrected chi connectivity index (χ3v) is 4.14. The molecule has 2 amide bonds. The Morgan fingerprint density at radius 3 is 2.45 bits per heavy atom. The molecule has 0 bridgehead atoms. The Morgan fingerprint density at radius 2 is 1.79 bits per heavy atom. The van der Waals surface area contributed by atoms with Crippen LogP contribution in [0.4, 0.5) is 0 Å². The van der Waals surface area contributed by atoms with Crippen LogP contribution in [0.1, 0.15) is 34.1 Å². The van der Waals surface area contributed by atoms with E-state index in [4.69, 9.17) is 20.9 Å². The largest absolute Gasteiger partial charge is 0.489 e. The lowest BCUT2D eigenvalue weighted by molar-refractivity contribution is -0.121. The lowest BCUT2D eigenvalue weighted by Gasteiger charge is -2.09. The molecule has 8 nitrogen and oxygen atoms in total. The van der Waals surface area contributed by atoms with Crippen LogP contribution in [0.5, 0.6) is 5.75 Å². The molecule has 2 aromatic carbocycles. The summed E-state index contributed by atoms with van der Waals surface area (Å²) in [6.07, 6.45) is 0.410. The van der Waals surface area contributed by atoms with Crippen molar-refractivity contribution in [1.29, 1.82) is 0 Å². The standard InChI is InChI=1S/C20H19ClN4O4/c1-13-22-19(29-25-13)11-10-18(26)23-24-20(27)15-4-2-14(3-5-15)12-28-17-8-6-16(21)7-9-17/h2-9H,10-12H2,1H3,(H,23,26)(H,24,27). The zero-order valence-electron chi connectivity index (χ0n) is 15.6. The fraction of sp³-hybridized carbons (Fsp3) is 0.200. The predicted octanol–water partition coefficient (Wildman–Crippen LogP) is 3.00. The van der Waals surface area contributed by atoms with E-state index in [1.54, 1.807) is 55.5 Å². The molecular formula is C20H19ClN4O4. The highest BCUT2D eigenvalue weighted by Crippen LogP contribution is 2.17. The molecular weight excluding hydrogens is 396 g/mol. The normalized spacial score (nSPS) is 10.4. The van der Waals surface area contributed by atoms with Crippen LogP contribution in [0.25, 0.3) is 0 Å². The number of hydrogen-bond acceptors (Lipinski definition) is 6. The van der Waals surface area contributed by atoms with E-state index in [9.17, 15) is 9.59 Å². The van der Waals surface area contributed by atoms with E-state index in [-0.39, 0.29) is 12.3 Å². The average Bonchev–Trinajstić information content (AvgIpc) is 3.15. The number of carbonyl (C=O) groups excluding carboxylic acids is 2. The molecule has 3 rings (SSSR count). The Balaban J connectivity index is 1.42. The molecule has 1 aromatic heterocycles. The minimum Gasteiger partial charge on any atom is -0.489 e. The van der Waals surface area contributed by atoms with Gasteiger partial charge in [0.15, 0.2) is 5.82 Å². The van der Waals surface area contributed by atoms with Crippen LogP contribution >= 0.6 is 11.6 Å². The summed E-state index contributed by atoms with van der Waals surface area (Å²) < 4.78 is 10.6. The van der Waals surface area contributed by atoms with Gasteiger partial charge in [-0.15, -0.1) is 0 Å². The molecule has 2 N–H and O–H groups in total. The molecule has 0 aliphatic carbocycles. The molecule has 0 unspecified atom stereocenters. The number of rotatable bonds is 7. The Bertz CT molecular complexity index is 971.